The minimum absolute atomic E-state index is 0.0913. The zero-order valence-electron chi connectivity index (χ0n) is 12.3. The number of carbonyl (C=O) groups is 2. The molecule has 1 aliphatic carbocycles. The number of amides is 2. The Morgan fingerprint density at radius 1 is 1.33 bits per heavy atom. The van der Waals surface area contributed by atoms with Gasteiger partial charge < -0.3 is 24.8 Å². The standard InChI is InChI=1S/C14H24N2O5/c17-13(18)9-11-10-20-8-6-16(11)14(19)15-5-7-21-12-3-1-2-4-12/h11-12H,1-10H2,(H,15,19)(H,17,18). The molecule has 1 saturated carbocycles. The summed E-state index contributed by atoms with van der Waals surface area (Å²) in [6.45, 7) is 2.10. The van der Waals surface area contributed by atoms with Crippen LogP contribution in [0.1, 0.15) is 32.1 Å². The lowest BCUT2D eigenvalue weighted by molar-refractivity contribution is -0.139. The molecule has 1 saturated heterocycles. The molecule has 2 fully saturated rings. The topological polar surface area (TPSA) is 88.1 Å². The average molecular weight is 300 g/mol. The summed E-state index contributed by atoms with van der Waals surface area (Å²) in [6.07, 6.45) is 4.91. The number of nitrogens with zero attached hydrogens (tertiary/aromatic N) is 1. The van der Waals surface area contributed by atoms with Crippen LogP contribution in [0.2, 0.25) is 0 Å². The Hall–Kier alpha value is -1.34. The highest BCUT2D eigenvalue weighted by molar-refractivity contribution is 5.76. The molecule has 0 bridgehead atoms. The van der Waals surface area contributed by atoms with Gasteiger partial charge in [0.25, 0.3) is 0 Å². The minimum atomic E-state index is -0.923. The van der Waals surface area contributed by atoms with Crippen molar-refractivity contribution in [1.29, 1.82) is 0 Å². The van der Waals surface area contributed by atoms with Crippen LogP contribution in [-0.2, 0) is 14.3 Å². The number of ether oxygens (including phenoxy) is 2. The first kappa shape index (κ1) is 16.0. The van der Waals surface area contributed by atoms with Gasteiger partial charge in [0.15, 0.2) is 0 Å². The van der Waals surface area contributed by atoms with Crippen LogP contribution in [0, 0.1) is 0 Å². The number of hydrogen-bond donors (Lipinski definition) is 2. The smallest absolute Gasteiger partial charge is 0.317 e. The number of hydrogen-bond acceptors (Lipinski definition) is 4. The molecule has 0 aromatic rings. The van der Waals surface area contributed by atoms with E-state index in [0.29, 0.717) is 32.4 Å². The molecule has 0 radical (unpaired) electrons. The quantitative estimate of drug-likeness (QED) is 0.709. The Bertz CT molecular complexity index is 357. The summed E-state index contributed by atoms with van der Waals surface area (Å²) in [7, 11) is 0. The van der Waals surface area contributed by atoms with Crippen LogP contribution in [0.25, 0.3) is 0 Å². The summed E-state index contributed by atoms with van der Waals surface area (Å²) in [5.41, 5.74) is 0. The fourth-order valence-electron chi connectivity index (χ4n) is 2.83. The van der Waals surface area contributed by atoms with Crippen molar-refractivity contribution in [1.82, 2.24) is 10.2 Å². The van der Waals surface area contributed by atoms with Gasteiger partial charge in [0.05, 0.1) is 38.4 Å². The van der Waals surface area contributed by atoms with E-state index in [1.54, 1.807) is 4.90 Å². The van der Waals surface area contributed by atoms with Gasteiger partial charge in [0, 0.05) is 13.1 Å². The Morgan fingerprint density at radius 2 is 2.10 bits per heavy atom. The van der Waals surface area contributed by atoms with Crippen LogP contribution >= 0.6 is 0 Å². The highest BCUT2D eigenvalue weighted by atomic mass is 16.5. The lowest BCUT2D eigenvalue weighted by Crippen LogP contribution is -2.53. The molecule has 21 heavy (non-hydrogen) atoms. The summed E-state index contributed by atoms with van der Waals surface area (Å²) < 4.78 is 10.9. The van der Waals surface area contributed by atoms with Gasteiger partial charge in [-0.15, -0.1) is 0 Å². The molecule has 0 spiro atoms. The Balaban J connectivity index is 1.68. The molecule has 0 aromatic heterocycles. The van der Waals surface area contributed by atoms with Gasteiger partial charge in [-0.05, 0) is 12.8 Å². The van der Waals surface area contributed by atoms with E-state index >= 15 is 0 Å². The van der Waals surface area contributed by atoms with E-state index in [2.05, 4.69) is 5.32 Å². The van der Waals surface area contributed by atoms with Crippen LogP contribution in [-0.4, -0.2) is 67.1 Å². The lowest BCUT2D eigenvalue weighted by atomic mass is 10.1. The highest BCUT2D eigenvalue weighted by Gasteiger charge is 2.28. The fourth-order valence-corrected chi connectivity index (χ4v) is 2.83. The second kappa shape index (κ2) is 8.19. The zero-order valence-corrected chi connectivity index (χ0v) is 12.3. The maximum absolute atomic E-state index is 12.1. The molecule has 2 N–H and O–H groups in total. The largest absolute Gasteiger partial charge is 0.481 e. The molecular formula is C14H24N2O5. The molecule has 2 rings (SSSR count). The summed E-state index contributed by atoms with van der Waals surface area (Å²) >= 11 is 0. The number of carboxylic acids is 1. The van der Waals surface area contributed by atoms with E-state index in [-0.39, 0.29) is 19.1 Å². The summed E-state index contributed by atoms with van der Waals surface area (Å²) in [4.78, 5) is 24.5. The van der Waals surface area contributed by atoms with Crippen LogP contribution in [0.5, 0.6) is 0 Å². The normalized spacial score (nSPS) is 23.2. The molecule has 7 nitrogen and oxygen atoms in total. The van der Waals surface area contributed by atoms with Gasteiger partial charge in [0.2, 0.25) is 0 Å². The first-order valence-electron chi connectivity index (χ1n) is 7.62. The zero-order chi connectivity index (χ0) is 15.1. The van der Waals surface area contributed by atoms with Gasteiger partial charge >= 0.3 is 12.0 Å². The molecule has 7 heteroatoms. The van der Waals surface area contributed by atoms with Crippen molar-refractivity contribution in [3.05, 3.63) is 0 Å². The summed E-state index contributed by atoms with van der Waals surface area (Å²) in [5.74, 6) is -0.923. The van der Waals surface area contributed by atoms with Crippen molar-refractivity contribution >= 4 is 12.0 Å². The van der Waals surface area contributed by atoms with Gasteiger partial charge in [-0.3, -0.25) is 4.79 Å². The van der Waals surface area contributed by atoms with E-state index in [4.69, 9.17) is 14.6 Å². The van der Waals surface area contributed by atoms with Crippen LogP contribution < -0.4 is 5.32 Å². The van der Waals surface area contributed by atoms with E-state index in [0.717, 1.165) is 12.8 Å². The Labute approximate surface area is 124 Å². The maximum atomic E-state index is 12.1. The number of rotatable bonds is 6. The number of morpholine rings is 1. The van der Waals surface area contributed by atoms with Gasteiger partial charge in [-0.1, -0.05) is 12.8 Å². The van der Waals surface area contributed by atoms with Crippen molar-refractivity contribution in [2.45, 2.75) is 44.2 Å². The fraction of sp³-hybridized carbons (Fsp3) is 0.857. The first-order chi connectivity index (χ1) is 10.2. The number of carbonyl (C=O) groups excluding carboxylic acids is 1. The van der Waals surface area contributed by atoms with Crippen LogP contribution in [0.3, 0.4) is 0 Å². The third-order valence-electron chi connectivity index (χ3n) is 3.93. The van der Waals surface area contributed by atoms with E-state index in [9.17, 15) is 9.59 Å². The minimum Gasteiger partial charge on any atom is -0.481 e. The first-order valence-corrected chi connectivity index (χ1v) is 7.62. The van der Waals surface area contributed by atoms with Gasteiger partial charge in [-0.25, -0.2) is 4.79 Å². The number of nitrogens with one attached hydrogen (secondary N) is 1. The Morgan fingerprint density at radius 3 is 2.81 bits per heavy atom. The third-order valence-corrected chi connectivity index (χ3v) is 3.93. The molecule has 120 valence electrons. The van der Waals surface area contributed by atoms with Gasteiger partial charge in [0.1, 0.15) is 0 Å². The average Bonchev–Trinajstić information content (AvgIpc) is 2.96. The molecule has 0 aromatic carbocycles. The molecule has 2 amide bonds. The SMILES string of the molecule is O=C(O)CC1COCCN1C(=O)NCCOC1CCCC1. The Kier molecular flexibility index (Phi) is 6.25. The molecule has 1 heterocycles. The molecule has 2 aliphatic rings. The van der Waals surface area contributed by atoms with Crippen molar-refractivity contribution in [3.63, 3.8) is 0 Å². The number of carboxylic acid groups (broad SMARTS) is 1. The van der Waals surface area contributed by atoms with Crippen LogP contribution in [0.4, 0.5) is 4.79 Å². The predicted molar refractivity (Wildman–Crippen MR) is 75.2 cm³/mol. The molecule has 1 unspecified atom stereocenters. The number of urea groups is 1. The van der Waals surface area contributed by atoms with E-state index < -0.39 is 12.0 Å². The monoisotopic (exact) mass is 300 g/mol. The van der Waals surface area contributed by atoms with Crippen molar-refractivity contribution in [3.8, 4) is 0 Å². The lowest BCUT2D eigenvalue weighted by Gasteiger charge is -2.34. The molecule has 1 atom stereocenters. The second-order valence-electron chi connectivity index (χ2n) is 5.53. The van der Waals surface area contributed by atoms with Crippen molar-refractivity contribution in [2.75, 3.05) is 32.9 Å². The maximum Gasteiger partial charge on any atom is 0.317 e. The van der Waals surface area contributed by atoms with Crippen molar-refractivity contribution in [2.24, 2.45) is 0 Å². The molecule has 1 aliphatic heterocycles. The van der Waals surface area contributed by atoms with Gasteiger partial charge in [-0.2, -0.15) is 0 Å². The summed E-state index contributed by atoms with van der Waals surface area (Å²) in [5, 5.41) is 11.7. The predicted octanol–water partition coefficient (Wildman–Crippen LogP) is 0.831. The number of aliphatic carboxylic acids is 1. The summed E-state index contributed by atoms with van der Waals surface area (Å²) in [6, 6.07) is -0.633. The highest BCUT2D eigenvalue weighted by Crippen LogP contribution is 2.20. The van der Waals surface area contributed by atoms with E-state index in [1.807, 2.05) is 0 Å². The van der Waals surface area contributed by atoms with Crippen molar-refractivity contribution < 1.29 is 24.2 Å². The van der Waals surface area contributed by atoms with E-state index in [1.165, 1.54) is 12.8 Å². The second-order valence-corrected chi connectivity index (χ2v) is 5.53. The van der Waals surface area contributed by atoms with Crippen LogP contribution in [0.15, 0.2) is 0 Å². The molecular weight excluding hydrogens is 276 g/mol. The third kappa shape index (κ3) is 5.17.